The van der Waals surface area contributed by atoms with Gasteiger partial charge in [0.2, 0.25) is 0 Å². The van der Waals surface area contributed by atoms with Gasteiger partial charge in [-0.2, -0.15) is 5.10 Å². The number of benzene rings is 3. The fourth-order valence-corrected chi connectivity index (χ4v) is 2.67. The molecule has 0 unspecified atom stereocenters. The largest absolute Gasteiger partial charge is 0.493 e. The molecule has 31 heavy (non-hydrogen) atoms. The van der Waals surface area contributed by atoms with Crippen molar-refractivity contribution in [3.05, 3.63) is 89.2 Å². The van der Waals surface area contributed by atoms with Crippen molar-refractivity contribution in [1.82, 2.24) is 5.43 Å². The third-order valence-electron chi connectivity index (χ3n) is 4.30. The van der Waals surface area contributed by atoms with Crippen LogP contribution >= 0.6 is 0 Å². The Balaban J connectivity index is 1.58. The molecule has 3 rings (SSSR count). The van der Waals surface area contributed by atoms with E-state index >= 15 is 0 Å². The summed E-state index contributed by atoms with van der Waals surface area (Å²) >= 11 is 0. The highest BCUT2D eigenvalue weighted by atomic mass is 19.1. The molecule has 0 atom stereocenters. The number of ether oxygens (including phenoxy) is 2. The number of hydrogen-bond acceptors (Lipinski definition) is 5. The van der Waals surface area contributed by atoms with Crippen molar-refractivity contribution in [3.63, 3.8) is 0 Å². The van der Waals surface area contributed by atoms with Crippen LogP contribution < -0.4 is 20.2 Å². The van der Waals surface area contributed by atoms with E-state index in [4.69, 9.17) is 9.47 Å². The summed E-state index contributed by atoms with van der Waals surface area (Å²) in [5.74, 6) is -0.0584. The number of hydrogen-bond donors (Lipinski definition) is 2. The van der Waals surface area contributed by atoms with Gasteiger partial charge < -0.3 is 14.8 Å². The summed E-state index contributed by atoms with van der Waals surface area (Å²) in [6, 6.07) is 16.7. The van der Waals surface area contributed by atoms with Gasteiger partial charge in [0.1, 0.15) is 5.82 Å². The van der Waals surface area contributed by atoms with Crippen LogP contribution in [0.3, 0.4) is 0 Å². The zero-order valence-corrected chi connectivity index (χ0v) is 16.9. The van der Waals surface area contributed by atoms with Crippen molar-refractivity contribution in [2.75, 3.05) is 19.5 Å². The van der Waals surface area contributed by atoms with Crippen LogP contribution in [0.5, 0.6) is 11.5 Å². The summed E-state index contributed by atoms with van der Waals surface area (Å²) in [5.41, 5.74) is 4.35. The van der Waals surface area contributed by atoms with E-state index in [0.717, 1.165) is 5.56 Å². The highest BCUT2D eigenvalue weighted by Gasteiger charge is 2.08. The van der Waals surface area contributed by atoms with Crippen molar-refractivity contribution in [2.24, 2.45) is 5.10 Å². The lowest BCUT2D eigenvalue weighted by molar-refractivity contribution is 0.0954. The lowest BCUT2D eigenvalue weighted by atomic mass is 10.1. The maximum Gasteiger partial charge on any atom is 0.271 e. The molecule has 0 bridgehead atoms. The molecule has 0 saturated heterocycles. The molecule has 158 valence electrons. The van der Waals surface area contributed by atoms with Gasteiger partial charge in [-0.05, 0) is 72.3 Å². The van der Waals surface area contributed by atoms with Gasteiger partial charge in [0.05, 0.1) is 20.4 Å². The summed E-state index contributed by atoms with van der Waals surface area (Å²) in [6.07, 6.45) is 1.48. The van der Waals surface area contributed by atoms with Crippen LogP contribution in [0.2, 0.25) is 0 Å². The minimum absolute atomic E-state index is 0.327. The normalized spacial score (nSPS) is 10.5. The lowest BCUT2D eigenvalue weighted by Gasteiger charge is -2.07. The van der Waals surface area contributed by atoms with Gasteiger partial charge in [0.15, 0.2) is 11.5 Å². The molecule has 0 radical (unpaired) electrons. The first-order valence-electron chi connectivity index (χ1n) is 9.22. The van der Waals surface area contributed by atoms with E-state index in [2.05, 4.69) is 15.8 Å². The molecule has 8 heteroatoms. The average Bonchev–Trinajstić information content (AvgIpc) is 2.79. The molecule has 0 saturated carbocycles. The van der Waals surface area contributed by atoms with E-state index in [0.29, 0.717) is 28.3 Å². The molecular weight excluding hydrogens is 401 g/mol. The molecular formula is C23H20FN3O4. The minimum atomic E-state index is -0.416. The van der Waals surface area contributed by atoms with Gasteiger partial charge in [-0.3, -0.25) is 9.59 Å². The van der Waals surface area contributed by atoms with E-state index in [-0.39, 0.29) is 5.91 Å². The average molecular weight is 421 g/mol. The summed E-state index contributed by atoms with van der Waals surface area (Å²) < 4.78 is 23.4. The van der Waals surface area contributed by atoms with Crippen molar-refractivity contribution in [3.8, 4) is 11.5 Å². The molecule has 2 amide bonds. The Morgan fingerprint density at radius 2 is 1.45 bits per heavy atom. The van der Waals surface area contributed by atoms with Crippen molar-refractivity contribution in [2.45, 2.75) is 0 Å². The third-order valence-corrected chi connectivity index (χ3v) is 4.30. The van der Waals surface area contributed by atoms with Gasteiger partial charge in [0.25, 0.3) is 11.8 Å². The Morgan fingerprint density at radius 3 is 2.10 bits per heavy atom. The fourth-order valence-electron chi connectivity index (χ4n) is 2.67. The van der Waals surface area contributed by atoms with Crippen molar-refractivity contribution < 1.29 is 23.5 Å². The molecule has 0 heterocycles. The topological polar surface area (TPSA) is 89.0 Å². The summed E-state index contributed by atoms with van der Waals surface area (Å²) in [7, 11) is 3.08. The molecule has 7 nitrogen and oxygen atoms in total. The molecule has 0 spiro atoms. The van der Waals surface area contributed by atoms with Crippen LogP contribution in [-0.4, -0.2) is 32.2 Å². The zero-order valence-electron chi connectivity index (χ0n) is 16.9. The molecule has 2 N–H and O–H groups in total. The molecule has 0 fully saturated rings. The van der Waals surface area contributed by atoms with Gasteiger partial charge in [-0.1, -0.05) is 0 Å². The van der Waals surface area contributed by atoms with Gasteiger partial charge in [-0.15, -0.1) is 0 Å². The Labute approximate surface area is 178 Å². The number of methoxy groups -OCH3 is 2. The zero-order chi connectivity index (χ0) is 22.2. The van der Waals surface area contributed by atoms with E-state index in [1.165, 1.54) is 37.6 Å². The van der Waals surface area contributed by atoms with Crippen molar-refractivity contribution >= 4 is 23.7 Å². The van der Waals surface area contributed by atoms with Crippen LogP contribution in [0.15, 0.2) is 71.8 Å². The first-order chi connectivity index (χ1) is 15.0. The number of nitrogens with zero attached hydrogens (tertiary/aromatic N) is 1. The number of halogens is 1. The summed E-state index contributed by atoms with van der Waals surface area (Å²) in [5, 5.41) is 6.63. The second-order valence-corrected chi connectivity index (χ2v) is 6.35. The number of nitrogens with one attached hydrogen (secondary N) is 2. The van der Waals surface area contributed by atoms with E-state index in [1.807, 2.05) is 0 Å². The molecule has 0 aliphatic heterocycles. The third kappa shape index (κ3) is 5.66. The van der Waals surface area contributed by atoms with Crippen LogP contribution in [-0.2, 0) is 0 Å². The van der Waals surface area contributed by atoms with Crippen molar-refractivity contribution in [1.29, 1.82) is 0 Å². The van der Waals surface area contributed by atoms with Gasteiger partial charge in [-0.25, -0.2) is 9.82 Å². The Morgan fingerprint density at radius 1 is 0.839 bits per heavy atom. The number of anilines is 1. The first-order valence-corrected chi connectivity index (χ1v) is 9.22. The van der Waals surface area contributed by atoms with Gasteiger partial charge >= 0.3 is 0 Å². The van der Waals surface area contributed by atoms with Gasteiger partial charge in [0, 0.05) is 16.8 Å². The number of hydrazone groups is 1. The number of carbonyl (C=O) groups excluding carboxylic acids is 2. The second-order valence-electron chi connectivity index (χ2n) is 6.35. The molecule has 0 aromatic heterocycles. The predicted molar refractivity (Wildman–Crippen MR) is 115 cm³/mol. The summed E-state index contributed by atoms with van der Waals surface area (Å²) in [4.78, 5) is 24.4. The van der Waals surface area contributed by atoms with E-state index in [1.54, 1.807) is 49.6 Å². The fraction of sp³-hybridized carbons (Fsp3) is 0.0870. The van der Waals surface area contributed by atoms with Crippen LogP contribution in [0.1, 0.15) is 26.3 Å². The SMILES string of the molecule is COc1ccc(/C=N/NC(=O)c2ccc(NC(=O)c3ccc(F)cc3)cc2)cc1OC. The Kier molecular flexibility index (Phi) is 6.95. The predicted octanol–water partition coefficient (Wildman–Crippen LogP) is 3.86. The molecule has 3 aromatic rings. The number of rotatable bonds is 7. The van der Waals surface area contributed by atoms with E-state index < -0.39 is 11.7 Å². The smallest absolute Gasteiger partial charge is 0.271 e. The van der Waals surface area contributed by atoms with Crippen LogP contribution in [0.4, 0.5) is 10.1 Å². The Bertz CT molecular complexity index is 1100. The monoisotopic (exact) mass is 421 g/mol. The molecule has 3 aromatic carbocycles. The first kappa shape index (κ1) is 21.5. The highest BCUT2D eigenvalue weighted by molar-refractivity contribution is 6.04. The molecule has 0 aliphatic rings. The Hall–Kier alpha value is -4.20. The van der Waals surface area contributed by atoms with Crippen LogP contribution in [0, 0.1) is 5.82 Å². The molecule has 0 aliphatic carbocycles. The standard InChI is InChI=1S/C23H20FN3O4/c1-30-20-12-3-15(13-21(20)31-2)14-25-27-23(29)17-6-10-19(11-7-17)26-22(28)16-4-8-18(24)9-5-16/h3-14H,1-2H3,(H,26,28)(H,27,29)/b25-14+. The quantitative estimate of drug-likeness (QED) is 0.448. The van der Waals surface area contributed by atoms with Crippen LogP contribution in [0.25, 0.3) is 0 Å². The number of amides is 2. The minimum Gasteiger partial charge on any atom is -0.493 e. The lowest BCUT2D eigenvalue weighted by Crippen LogP contribution is -2.18. The maximum atomic E-state index is 13.0. The number of carbonyl (C=O) groups is 2. The maximum absolute atomic E-state index is 13.0. The summed E-state index contributed by atoms with van der Waals surface area (Å²) in [6.45, 7) is 0. The highest BCUT2D eigenvalue weighted by Crippen LogP contribution is 2.26. The second kappa shape index (κ2) is 10.0. The van der Waals surface area contributed by atoms with E-state index in [9.17, 15) is 14.0 Å².